The second-order valence-corrected chi connectivity index (χ2v) is 8.28. The number of ether oxygens (including phenoxy) is 1. The number of benzene rings is 2. The molecule has 0 aliphatic rings. The first-order chi connectivity index (χ1) is 15.2. The molecular formula is C24H23N3O3S. The van der Waals surface area contributed by atoms with E-state index in [1.54, 1.807) is 0 Å². The average molecular weight is 434 g/mol. The number of fused-ring (bicyclic) bond motifs is 1. The first-order valence-electron chi connectivity index (χ1n) is 10.3. The summed E-state index contributed by atoms with van der Waals surface area (Å²) < 4.78 is 6.93. The van der Waals surface area contributed by atoms with Crippen LogP contribution in [-0.4, -0.2) is 20.6 Å². The number of hydrogen-bond acceptors (Lipinski definition) is 6. The van der Waals surface area contributed by atoms with Gasteiger partial charge in [-0.1, -0.05) is 85.3 Å². The second kappa shape index (κ2) is 9.66. The van der Waals surface area contributed by atoms with Crippen molar-refractivity contribution < 1.29 is 9.53 Å². The number of aryl methyl sites for hydroxylation is 1. The van der Waals surface area contributed by atoms with Gasteiger partial charge in [0.1, 0.15) is 17.5 Å². The van der Waals surface area contributed by atoms with Crippen molar-refractivity contribution in [2.24, 2.45) is 0 Å². The van der Waals surface area contributed by atoms with E-state index < -0.39 is 5.92 Å². The van der Waals surface area contributed by atoms with E-state index >= 15 is 0 Å². The SMILES string of the molecule is CCCCc1nn2c(=O)cc(COC(=O)C(c3ccccc3)c3ccccc3)nc2s1. The van der Waals surface area contributed by atoms with Crippen LogP contribution in [0.4, 0.5) is 0 Å². The van der Waals surface area contributed by atoms with Gasteiger partial charge in [-0.05, 0) is 17.5 Å². The lowest BCUT2D eigenvalue weighted by atomic mass is 9.91. The topological polar surface area (TPSA) is 73.6 Å². The van der Waals surface area contributed by atoms with E-state index in [2.05, 4.69) is 17.0 Å². The van der Waals surface area contributed by atoms with Crippen LogP contribution in [0.2, 0.25) is 0 Å². The minimum atomic E-state index is -0.545. The number of hydrogen-bond donors (Lipinski definition) is 0. The van der Waals surface area contributed by atoms with Gasteiger partial charge in [0, 0.05) is 12.5 Å². The zero-order valence-electron chi connectivity index (χ0n) is 17.2. The Kier molecular flexibility index (Phi) is 6.52. The number of unbranched alkanes of at least 4 members (excludes halogenated alkanes) is 1. The number of rotatable bonds is 8. The van der Waals surface area contributed by atoms with Crippen molar-refractivity contribution in [3.05, 3.63) is 98.9 Å². The fraction of sp³-hybridized carbons (Fsp3) is 0.250. The van der Waals surface area contributed by atoms with Crippen molar-refractivity contribution in [3.63, 3.8) is 0 Å². The van der Waals surface area contributed by atoms with Gasteiger partial charge in [-0.3, -0.25) is 9.59 Å². The van der Waals surface area contributed by atoms with Gasteiger partial charge in [-0.25, -0.2) is 4.98 Å². The molecule has 2 heterocycles. The van der Waals surface area contributed by atoms with Gasteiger partial charge in [-0.2, -0.15) is 9.61 Å². The van der Waals surface area contributed by atoms with Crippen molar-refractivity contribution >= 4 is 22.3 Å². The first kappa shape index (κ1) is 20.9. The lowest BCUT2D eigenvalue weighted by molar-refractivity contribution is -0.145. The zero-order valence-corrected chi connectivity index (χ0v) is 18.0. The fourth-order valence-electron chi connectivity index (χ4n) is 3.38. The summed E-state index contributed by atoms with van der Waals surface area (Å²) in [6.45, 7) is 2.05. The predicted octanol–water partition coefficient (Wildman–Crippen LogP) is 4.37. The molecule has 0 radical (unpaired) electrons. The molecule has 158 valence electrons. The maximum absolute atomic E-state index is 13.0. The summed E-state index contributed by atoms with van der Waals surface area (Å²) in [5.41, 5.74) is 1.86. The van der Waals surface area contributed by atoms with Gasteiger partial charge in [0.2, 0.25) is 4.96 Å². The zero-order chi connectivity index (χ0) is 21.6. The minimum absolute atomic E-state index is 0.0665. The second-order valence-electron chi connectivity index (χ2n) is 7.24. The van der Waals surface area contributed by atoms with Crippen LogP contribution in [0.5, 0.6) is 0 Å². The third-order valence-corrected chi connectivity index (χ3v) is 5.92. The highest BCUT2D eigenvalue weighted by Crippen LogP contribution is 2.26. The molecule has 0 unspecified atom stereocenters. The summed E-state index contributed by atoms with van der Waals surface area (Å²) in [7, 11) is 0. The fourth-order valence-corrected chi connectivity index (χ4v) is 4.34. The standard InChI is InChI=1S/C24H23N3O3S/c1-2-3-14-20-26-27-21(28)15-19(25-24(27)31-20)16-30-23(29)22(17-10-6-4-7-11-17)18-12-8-5-9-13-18/h4-13,15,22H,2-3,14,16H2,1H3. The van der Waals surface area contributed by atoms with E-state index in [1.807, 2.05) is 60.7 Å². The Morgan fingerprint density at radius 1 is 1.06 bits per heavy atom. The Morgan fingerprint density at radius 3 is 2.32 bits per heavy atom. The summed E-state index contributed by atoms with van der Waals surface area (Å²) in [6.07, 6.45) is 2.90. The molecule has 0 bridgehead atoms. The molecule has 0 atom stereocenters. The lowest BCUT2D eigenvalue weighted by Gasteiger charge is -2.17. The molecule has 0 spiro atoms. The monoisotopic (exact) mass is 433 g/mol. The highest BCUT2D eigenvalue weighted by Gasteiger charge is 2.24. The Bertz CT molecular complexity index is 1180. The van der Waals surface area contributed by atoms with Gasteiger partial charge in [0.25, 0.3) is 5.56 Å². The quantitative estimate of drug-likeness (QED) is 0.386. The molecule has 6 nitrogen and oxygen atoms in total. The molecule has 2 aromatic heterocycles. The van der Waals surface area contributed by atoms with Crippen LogP contribution < -0.4 is 5.56 Å². The number of carbonyl (C=O) groups is 1. The molecule has 0 amide bonds. The molecule has 4 rings (SSSR count). The molecule has 0 saturated carbocycles. The van der Waals surface area contributed by atoms with E-state index in [1.165, 1.54) is 21.9 Å². The Hall–Kier alpha value is -3.32. The smallest absolute Gasteiger partial charge is 0.318 e. The maximum atomic E-state index is 13.0. The largest absolute Gasteiger partial charge is 0.458 e. The minimum Gasteiger partial charge on any atom is -0.458 e. The van der Waals surface area contributed by atoms with Crippen LogP contribution in [0.3, 0.4) is 0 Å². The van der Waals surface area contributed by atoms with Crippen LogP contribution in [-0.2, 0) is 22.6 Å². The van der Waals surface area contributed by atoms with Crippen molar-refractivity contribution in [2.75, 3.05) is 0 Å². The number of esters is 1. The highest BCUT2D eigenvalue weighted by molar-refractivity contribution is 7.16. The number of carbonyl (C=O) groups excluding carboxylic acids is 1. The molecule has 0 saturated heterocycles. The summed E-state index contributed by atoms with van der Waals surface area (Å²) in [6, 6.07) is 20.4. The predicted molar refractivity (Wildman–Crippen MR) is 120 cm³/mol. The van der Waals surface area contributed by atoms with Gasteiger partial charge in [0.15, 0.2) is 0 Å². The van der Waals surface area contributed by atoms with Crippen LogP contribution in [0.1, 0.15) is 47.5 Å². The average Bonchev–Trinajstić information content (AvgIpc) is 3.21. The molecule has 0 fully saturated rings. The Labute approximate surface area is 184 Å². The van der Waals surface area contributed by atoms with Crippen molar-refractivity contribution in [1.29, 1.82) is 0 Å². The summed E-state index contributed by atoms with van der Waals surface area (Å²) in [4.78, 5) is 30.5. The normalized spacial score (nSPS) is 11.2. The molecule has 0 aliphatic carbocycles. The van der Waals surface area contributed by atoms with E-state index in [9.17, 15) is 9.59 Å². The summed E-state index contributed by atoms with van der Waals surface area (Å²) in [5, 5.41) is 5.23. The van der Waals surface area contributed by atoms with E-state index in [4.69, 9.17) is 4.74 Å². The molecule has 0 N–H and O–H groups in total. The Morgan fingerprint density at radius 2 is 1.71 bits per heavy atom. The van der Waals surface area contributed by atoms with Crippen LogP contribution >= 0.6 is 11.3 Å². The lowest BCUT2D eigenvalue weighted by Crippen LogP contribution is -2.19. The van der Waals surface area contributed by atoms with Gasteiger partial charge < -0.3 is 4.74 Å². The van der Waals surface area contributed by atoms with E-state index in [0.29, 0.717) is 10.7 Å². The maximum Gasteiger partial charge on any atom is 0.318 e. The van der Waals surface area contributed by atoms with Crippen molar-refractivity contribution in [2.45, 2.75) is 38.7 Å². The van der Waals surface area contributed by atoms with Gasteiger partial charge >= 0.3 is 5.97 Å². The highest BCUT2D eigenvalue weighted by atomic mass is 32.1. The molecular weight excluding hydrogens is 410 g/mol. The molecule has 2 aromatic carbocycles. The molecule has 0 aliphatic heterocycles. The van der Waals surface area contributed by atoms with E-state index in [0.717, 1.165) is 35.4 Å². The molecule has 7 heteroatoms. The number of nitrogens with zero attached hydrogens (tertiary/aromatic N) is 3. The number of aromatic nitrogens is 3. The third-order valence-electron chi connectivity index (χ3n) is 4.95. The van der Waals surface area contributed by atoms with Gasteiger partial charge in [-0.15, -0.1) is 0 Å². The van der Waals surface area contributed by atoms with Crippen LogP contribution in [0.15, 0.2) is 71.5 Å². The molecule has 4 aromatic rings. The van der Waals surface area contributed by atoms with Crippen molar-refractivity contribution in [1.82, 2.24) is 14.6 Å². The van der Waals surface area contributed by atoms with Crippen molar-refractivity contribution in [3.8, 4) is 0 Å². The third kappa shape index (κ3) is 4.88. The Balaban J connectivity index is 1.55. The van der Waals surface area contributed by atoms with Crippen LogP contribution in [0, 0.1) is 0 Å². The summed E-state index contributed by atoms with van der Waals surface area (Å²) in [5.74, 6) is -0.927. The van der Waals surface area contributed by atoms with Gasteiger partial charge in [0.05, 0.1) is 5.69 Å². The van der Waals surface area contributed by atoms with E-state index in [-0.39, 0.29) is 18.1 Å². The molecule has 31 heavy (non-hydrogen) atoms. The first-order valence-corrected chi connectivity index (χ1v) is 11.1. The summed E-state index contributed by atoms with van der Waals surface area (Å²) >= 11 is 1.40. The van der Waals surface area contributed by atoms with Crippen LogP contribution in [0.25, 0.3) is 4.96 Å².